The Balaban J connectivity index is 2.71. The molecule has 0 aliphatic heterocycles. The van der Waals surface area contributed by atoms with Gasteiger partial charge in [-0.15, -0.1) is 0 Å². The van der Waals surface area contributed by atoms with Gasteiger partial charge in [0.25, 0.3) is 0 Å². The van der Waals surface area contributed by atoms with Gasteiger partial charge in [-0.3, -0.25) is 0 Å². The fourth-order valence-electron chi connectivity index (χ4n) is 1.95. The summed E-state index contributed by atoms with van der Waals surface area (Å²) in [6.45, 7) is 11.0. The van der Waals surface area contributed by atoms with Crippen LogP contribution in [-0.2, 0) is 16.0 Å². The standard InChI is InChI=1S/C15H27N3O2/c1-4-19-10-8-18(9-11-20-5-2)15-7-6-14(12-16)13(3)17-15/h6-7H,4-5,8-12,16H2,1-3H3. The predicted octanol–water partition coefficient (Wildman–Crippen LogP) is 1.73. The molecule has 0 aliphatic carbocycles. The van der Waals surface area contributed by atoms with Crippen molar-refractivity contribution < 1.29 is 9.47 Å². The van der Waals surface area contributed by atoms with Gasteiger partial charge in [0.05, 0.1) is 13.2 Å². The second-order valence-corrected chi connectivity index (χ2v) is 4.50. The second kappa shape index (κ2) is 9.69. The van der Waals surface area contributed by atoms with Gasteiger partial charge in [-0.05, 0) is 32.4 Å². The maximum atomic E-state index is 5.68. The van der Waals surface area contributed by atoms with Crippen LogP contribution < -0.4 is 10.6 Å². The Kier molecular flexibility index (Phi) is 8.18. The molecule has 0 saturated carbocycles. The van der Waals surface area contributed by atoms with Crippen LogP contribution in [0.4, 0.5) is 5.82 Å². The minimum atomic E-state index is 0.525. The van der Waals surface area contributed by atoms with Gasteiger partial charge in [-0.25, -0.2) is 4.98 Å². The highest BCUT2D eigenvalue weighted by molar-refractivity contribution is 5.41. The zero-order valence-corrected chi connectivity index (χ0v) is 12.9. The average Bonchev–Trinajstić information content (AvgIpc) is 2.46. The van der Waals surface area contributed by atoms with Crippen molar-refractivity contribution in [3.63, 3.8) is 0 Å². The summed E-state index contributed by atoms with van der Waals surface area (Å²) in [5, 5.41) is 0. The smallest absolute Gasteiger partial charge is 0.128 e. The Morgan fingerprint density at radius 2 is 1.70 bits per heavy atom. The summed E-state index contributed by atoms with van der Waals surface area (Å²) in [5.74, 6) is 0.958. The molecule has 1 aromatic rings. The third kappa shape index (κ3) is 5.45. The molecule has 0 spiro atoms. The van der Waals surface area contributed by atoms with Crippen LogP contribution in [0.25, 0.3) is 0 Å². The molecule has 5 heteroatoms. The van der Waals surface area contributed by atoms with Gasteiger partial charge in [0.1, 0.15) is 5.82 Å². The van der Waals surface area contributed by atoms with E-state index >= 15 is 0 Å². The molecule has 0 atom stereocenters. The summed E-state index contributed by atoms with van der Waals surface area (Å²) in [7, 11) is 0. The number of hydrogen-bond acceptors (Lipinski definition) is 5. The first-order valence-corrected chi connectivity index (χ1v) is 7.29. The van der Waals surface area contributed by atoms with Gasteiger partial charge in [-0.2, -0.15) is 0 Å². The van der Waals surface area contributed by atoms with Crippen molar-refractivity contribution in [1.29, 1.82) is 0 Å². The number of aryl methyl sites for hydroxylation is 1. The van der Waals surface area contributed by atoms with Gasteiger partial charge in [0.2, 0.25) is 0 Å². The Bertz CT molecular complexity index is 375. The van der Waals surface area contributed by atoms with Crippen molar-refractivity contribution in [2.24, 2.45) is 5.73 Å². The zero-order valence-electron chi connectivity index (χ0n) is 12.9. The van der Waals surface area contributed by atoms with E-state index in [-0.39, 0.29) is 0 Å². The first kappa shape index (κ1) is 16.9. The highest BCUT2D eigenvalue weighted by Crippen LogP contribution is 2.14. The Morgan fingerprint density at radius 3 is 2.15 bits per heavy atom. The first-order valence-electron chi connectivity index (χ1n) is 7.29. The average molecular weight is 281 g/mol. The van der Waals surface area contributed by atoms with E-state index in [1.807, 2.05) is 32.9 Å². The molecule has 20 heavy (non-hydrogen) atoms. The fourth-order valence-corrected chi connectivity index (χ4v) is 1.95. The molecule has 1 rings (SSSR count). The largest absolute Gasteiger partial charge is 0.380 e. The molecular formula is C15H27N3O2. The molecule has 1 aromatic heterocycles. The van der Waals surface area contributed by atoms with E-state index in [0.717, 1.165) is 43.4 Å². The maximum Gasteiger partial charge on any atom is 0.128 e. The third-order valence-electron chi connectivity index (χ3n) is 3.14. The van der Waals surface area contributed by atoms with E-state index in [0.29, 0.717) is 19.8 Å². The lowest BCUT2D eigenvalue weighted by Gasteiger charge is -2.24. The summed E-state index contributed by atoms with van der Waals surface area (Å²) in [4.78, 5) is 6.83. The molecule has 0 aliphatic rings. The van der Waals surface area contributed by atoms with Crippen molar-refractivity contribution in [2.75, 3.05) is 44.4 Å². The van der Waals surface area contributed by atoms with Crippen molar-refractivity contribution in [3.8, 4) is 0 Å². The number of hydrogen-bond donors (Lipinski definition) is 1. The lowest BCUT2D eigenvalue weighted by atomic mass is 10.2. The van der Waals surface area contributed by atoms with Crippen molar-refractivity contribution in [1.82, 2.24) is 4.98 Å². The van der Waals surface area contributed by atoms with Crippen molar-refractivity contribution in [2.45, 2.75) is 27.3 Å². The molecule has 0 saturated heterocycles. The van der Waals surface area contributed by atoms with Crippen LogP contribution in [0.2, 0.25) is 0 Å². The van der Waals surface area contributed by atoms with Crippen LogP contribution in [0.1, 0.15) is 25.1 Å². The molecular weight excluding hydrogens is 254 g/mol. The Labute approximate surface area is 122 Å². The third-order valence-corrected chi connectivity index (χ3v) is 3.14. The Hall–Kier alpha value is -1.17. The molecule has 0 aromatic carbocycles. The van der Waals surface area contributed by atoms with Gasteiger partial charge in [0.15, 0.2) is 0 Å². The van der Waals surface area contributed by atoms with Crippen LogP contribution in [0.5, 0.6) is 0 Å². The molecule has 1 heterocycles. The van der Waals surface area contributed by atoms with Crippen LogP contribution in [0, 0.1) is 6.92 Å². The normalized spacial score (nSPS) is 10.8. The van der Waals surface area contributed by atoms with Crippen LogP contribution in [-0.4, -0.2) is 44.5 Å². The number of rotatable bonds is 10. The summed E-state index contributed by atoms with van der Waals surface area (Å²) < 4.78 is 10.9. The summed E-state index contributed by atoms with van der Waals surface area (Å²) in [5.41, 5.74) is 7.75. The molecule has 0 radical (unpaired) electrons. The number of nitrogens with two attached hydrogens (primary N) is 1. The van der Waals surface area contributed by atoms with Gasteiger partial charge < -0.3 is 20.1 Å². The van der Waals surface area contributed by atoms with Gasteiger partial charge in [-0.1, -0.05) is 6.07 Å². The van der Waals surface area contributed by atoms with Crippen LogP contribution >= 0.6 is 0 Å². The number of ether oxygens (including phenoxy) is 2. The predicted molar refractivity (Wildman–Crippen MR) is 82.1 cm³/mol. The molecule has 0 fully saturated rings. The van der Waals surface area contributed by atoms with E-state index in [2.05, 4.69) is 9.88 Å². The summed E-state index contributed by atoms with van der Waals surface area (Å²) in [6, 6.07) is 4.07. The molecule has 0 bridgehead atoms. The van der Waals surface area contributed by atoms with Crippen molar-refractivity contribution >= 4 is 5.82 Å². The molecule has 0 amide bonds. The number of nitrogens with zero attached hydrogens (tertiary/aromatic N) is 2. The highest BCUT2D eigenvalue weighted by Gasteiger charge is 2.09. The van der Waals surface area contributed by atoms with E-state index in [1.165, 1.54) is 0 Å². The topological polar surface area (TPSA) is 60.6 Å². The van der Waals surface area contributed by atoms with E-state index < -0.39 is 0 Å². The van der Waals surface area contributed by atoms with Gasteiger partial charge in [0, 0.05) is 38.5 Å². The van der Waals surface area contributed by atoms with E-state index in [1.54, 1.807) is 0 Å². The van der Waals surface area contributed by atoms with Crippen molar-refractivity contribution in [3.05, 3.63) is 23.4 Å². The summed E-state index contributed by atoms with van der Waals surface area (Å²) >= 11 is 0. The molecule has 0 unspecified atom stereocenters. The van der Waals surface area contributed by atoms with E-state index in [4.69, 9.17) is 15.2 Å². The summed E-state index contributed by atoms with van der Waals surface area (Å²) in [6.07, 6.45) is 0. The minimum absolute atomic E-state index is 0.525. The zero-order chi connectivity index (χ0) is 14.8. The Morgan fingerprint density at radius 1 is 1.10 bits per heavy atom. The lowest BCUT2D eigenvalue weighted by Crippen LogP contribution is -2.32. The van der Waals surface area contributed by atoms with Gasteiger partial charge >= 0.3 is 0 Å². The monoisotopic (exact) mass is 281 g/mol. The van der Waals surface area contributed by atoms with Crippen LogP contribution in [0.15, 0.2) is 12.1 Å². The molecule has 5 nitrogen and oxygen atoms in total. The lowest BCUT2D eigenvalue weighted by molar-refractivity contribution is 0.141. The molecule has 114 valence electrons. The molecule has 2 N–H and O–H groups in total. The quantitative estimate of drug-likeness (QED) is 0.662. The SMILES string of the molecule is CCOCCN(CCOCC)c1ccc(CN)c(C)n1. The highest BCUT2D eigenvalue weighted by atomic mass is 16.5. The number of aromatic nitrogens is 1. The first-order chi connectivity index (χ1) is 9.72. The maximum absolute atomic E-state index is 5.68. The van der Waals surface area contributed by atoms with Crippen LogP contribution in [0.3, 0.4) is 0 Å². The minimum Gasteiger partial charge on any atom is -0.380 e. The number of anilines is 1. The number of pyridine rings is 1. The fraction of sp³-hybridized carbons (Fsp3) is 0.667. The second-order valence-electron chi connectivity index (χ2n) is 4.50. The van der Waals surface area contributed by atoms with E-state index in [9.17, 15) is 0 Å².